The molecule has 1 amide bonds. The highest BCUT2D eigenvalue weighted by Gasteiger charge is 2.28. The van der Waals surface area contributed by atoms with Crippen LogP contribution < -0.4 is 0 Å². The molecule has 13 heteroatoms. The first kappa shape index (κ1) is 20.9. The van der Waals surface area contributed by atoms with E-state index in [0.29, 0.717) is 8.95 Å². The van der Waals surface area contributed by atoms with Crippen LogP contribution in [0.1, 0.15) is 20.7 Å². The Balaban J connectivity index is 3.00. The number of carboxylic acids is 1. The third-order valence-corrected chi connectivity index (χ3v) is 7.12. The number of aromatic carboxylic acids is 1. The van der Waals surface area contributed by atoms with Crippen molar-refractivity contribution in [3.05, 3.63) is 39.5 Å². The van der Waals surface area contributed by atoms with E-state index < -0.39 is 18.0 Å². The van der Waals surface area contributed by atoms with Gasteiger partial charge in [0.05, 0.1) is 11.1 Å². The highest BCUT2D eigenvalue weighted by molar-refractivity contribution is 9.15. The Morgan fingerprint density at radius 1 is 0.958 bits per heavy atom. The number of azide groups is 1. The standard InChI is InChI=1S/C11H5Br4N3O6/c12-5-3(9(19)20)4(6(13)8(15)7(5)14)10(21)23-1-2-24-11(22)17-18-16/h1-2H2,(H,19,20). The minimum Gasteiger partial charge on any atom is -0.478 e. The fraction of sp³-hybridized carbons (Fsp3) is 0.182. The second-order valence-electron chi connectivity index (χ2n) is 3.75. The summed E-state index contributed by atoms with van der Waals surface area (Å²) in [7, 11) is 0. The minimum atomic E-state index is -1.35. The molecule has 128 valence electrons. The first-order valence-electron chi connectivity index (χ1n) is 5.70. The van der Waals surface area contributed by atoms with E-state index in [1.807, 2.05) is 0 Å². The van der Waals surface area contributed by atoms with E-state index in [9.17, 15) is 19.5 Å². The van der Waals surface area contributed by atoms with Gasteiger partial charge in [-0.15, -0.1) is 0 Å². The van der Waals surface area contributed by atoms with Crippen LogP contribution in [-0.4, -0.2) is 36.4 Å². The van der Waals surface area contributed by atoms with Gasteiger partial charge in [0.15, 0.2) is 0 Å². The van der Waals surface area contributed by atoms with Crippen molar-refractivity contribution in [3.8, 4) is 0 Å². The number of esters is 1. The molecule has 0 aliphatic carbocycles. The zero-order valence-electron chi connectivity index (χ0n) is 11.3. The van der Waals surface area contributed by atoms with Gasteiger partial charge in [-0.25, -0.2) is 14.4 Å². The molecule has 1 aromatic rings. The fourth-order valence-corrected chi connectivity index (χ4v) is 3.87. The first-order chi connectivity index (χ1) is 11.2. The van der Waals surface area contributed by atoms with Crippen molar-refractivity contribution in [3.63, 3.8) is 0 Å². The lowest BCUT2D eigenvalue weighted by molar-refractivity contribution is 0.0401. The summed E-state index contributed by atoms with van der Waals surface area (Å²) in [4.78, 5) is 36.6. The molecule has 0 fully saturated rings. The Bertz CT molecular complexity index is 763. The van der Waals surface area contributed by atoms with Gasteiger partial charge < -0.3 is 14.6 Å². The zero-order chi connectivity index (χ0) is 18.4. The van der Waals surface area contributed by atoms with Crippen molar-refractivity contribution in [1.29, 1.82) is 0 Å². The van der Waals surface area contributed by atoms with Gasteiger partial charge in [-0.3, -0.25) is 0 Å². The molecule has 1 rings (SSSR count). The SMILES string of the molecule is [N-]=[N+]=NC(=O)OCCOC(=O)c1c(Br)c(Br)c(Br)c(Br)c1C(=O)O. The molecule has 0 saturated heterocycles. The van der Waals surface area contributed by atoms with Crippen LogP contribution in [0.15, 0.2) is 23.0 Å². The van der Waals surface area contributed by atoms with Crippen molar-refractivity contribution in [2.75, 3.05) is 13.2 Å². The van der Waals surface area contributed by atoms with E-state index >= 15 is 0 Å². The van der Waals surface area contributed by atoms with Gasteiger partial charge >= 0.3 is 18.0 Å². The molecule has 0 radical (unpaired) electrons. The lowest BCUT2D eigenvalue weighted by Crippen LogP contribution is -2.17. The van der Waals surface area contributed by atoms with Crippen molar-refractivity contribution in [2.24, 2.45) is 5.11 Å². The monoisotopic (exact) mass is 591 g/mol. The molecule has 0 saturated carbocycles. The number of carbonyl (C=O) groups excluding carboxylic acids is 2. The van der Waals surface area contributed by atoms with Crippen LogP contribution in [0.5, 0.6) is 0 Å². The molecule has 0 aliphatic heterocycles. The van der Waals surface area contributed by atoms with Crippen molar-refractivity contribution in [2.45, 2.75) is 0 Å². The van der Waals surface area contributed by atoms with E-state index in [0.717, 1.165) is 0 Å². The second kappa shape index (κ2) is 9.37. The van der Waals surface area contributed by atoms with Gasteiger partial charge in [0.25, 0.3) is 0 Å². The summed E-state index contributed by atoms with van der Waals surface area (Å²) in [5.74, 6) is -2.30. The number of hydrogen-bond acceptors (Lipinski definition) is 5. The molecule has 0 aliphatic rings. The van der Waals surface area contributed by atoms with Gasteiger partial charge in [0.1, 0.15) is 13.2 Å². The Labute approximate surface area is 167 Å². The zero-order valence-corrected chi connectivity index (χ0v) is 17.6. The predicted octanol–water partition coefficient (Wildman–Crippen LogP) is 5.04. The number of rotatable bonds is 5. The summed E-state index contributed by atoms with van der Waals surface area (Å²) < 4.78 is 10.4. The number of amides is 1. The van der Waals surface area contributed by atoms with Crippen LogP contribution in [0.2, 0.25) is 0 Å². The molecule has 0 atom stereocenters. The van der Waals surface area contributed by atoms with E-state index in [-0.39, 0.29) is 33.3 Å². The third-order valence-electron chi connectivity index (χ3n) is 2.35. The number of nitrogens with zero attached hydrogens (tertiary/aromatic N) is 3. The number of carboxylic acid groups (broad SMARTS) is 1. The maximum Gasteiger partial charge on any atom is 0.396 e. The summed E-state index contributed by atoms with van der Waals surface area (Å²) >= 11 is 12.6. The summed E-state index contributed by atoms with van der Waals surface area (Å²) in [5, 5.41) is 12.0. The summed E-state index contributed by atoms with van der Waals surface area (Å²) in [6.07, 6.45) is -1.17. The summed E-state index contributed by atoms with van der Waals surface area (Å²) in [6, 6.07) is 0. The molecule has 1 aromatic carbocycles. The van der Waals surface area contributed by atoms with Crippen LogP contribution in [0.4, 0.5) is 4.79 Å². The molecule has 1 N–H and O–H groups in total. The Kier molecular flexibility index (Phi) is 8.16. The lowest BCUT2D eigenvalue weighted by Gasteiger charge is -2.14. The van der Waals surface area contributed by atoms with Gasteiger partial charge in [-0.2, -0.15) is 0 Å². The van der Waals surface area contributed by atoms with Crippen LogP contribution in [0.25, 0.3) is 10.4 Å². The normalized spacial score (nSPS) is 9.83. The maximum absolute atomic E-state index is 12.2. The quantitative estimate of drug-likeness (QED) is 0.0964. The van der Waals surface area contributed by atoms with Gasteiger partial charge in [-0.05, 0) is 69.3 Å². The molecule has 0 unspecified atom stereocenters. The van der Waals surface area contributed by atoms with Crippen LogP contribution in [0.3, 0.4) is 0 Å². The van der Waals surface area contributed by atoms with Crippen molar-refractivity contribution < 1.29 is 29.0 Å². The predicted molar refractivity (Wildman–Crippen MR) is 95.0 cm³/mol. The number of benzene rings is 1. The third kappa shape index (κ3) is 4.93. The number of hydrogen-bond donors (Lipinski definition) is 1. The van der Waals surface area contributed by atoms with Crippen LogP contribution in [0, 0.1) is 0 Å². The van der Waals surface area contributed by atoms with Gasteiger partial charge in [-0.1, -0.05) is 0 Å². The fourth-order valence-electron chi connectivity index (χ4n) is 1.43. The highest BCUT2D eigenvalue weighted by atomic mass is 79.9. The molecule has 24 heavy (non-hydrogen) atoms. The van der Waals surface area contributed by atoms with Gasteiger partial charge in [0.2, 0.25) is 0 Å². The Hall–Kier alpha value is -1.14. The first-order valence-corrected chi connectivity index (χ1v) is 8.87. The van der Waals surface area contributed by atoms with E-state index in [4.69, 9.17) is 10.3 Å². The van der Waals surface area contributed by atoms with Crippen molar-refractivity contribution >= 4 is 81.8 Å². The van der Waals surface area contributed by atoms with Crippen molar-refractivity contribution in [1.82, 2.24) is 0 Å². The van der Waals surface area contributed by atoms with Gasteiger partial charge in [0, 0.05) is 27.9 Å². The average Bonchev–Trinajstić information content (AvgIpc) is 2.52. The number of halogens is 4. The summed E-state index contributed by atoms with van der Waals surface area (Å²) in [6.45, 7) is -0.717. The van der Waals surface area contributed by atoms with E-state index in [1.54, 1.807) is 0 Å². The summed E-state index contributed by atoms with van der Waals surface area (Å²) in [5.41, 5.74) is 7.47. The molecular weight excluding hydrogens is 590 g/mol. The second-order valence-corrected chi connectivity index (χ2v) is 6.92. The van der Waals surface area contributed by atoms with E-state index in [1.165, 1.54) is 0 Å². The number of carbonyl (C=O) groups is 3. The molecule has 0 heterocycles. The minimum absolute atomic E-state index is 0.145. The topological polar surface area (TPSA) is 139 Å². The molecule has 0 spiro atoms. The molecule has 0 bridgehead atoms. The smallest absolute Gasteiger partial charge is 0.396 e. The molecular formula is C11H5Br4N3O6. The average molecular weight is 595 g/mol. The van der Waals surface area contributed by atoms with Crippen LogP contribution in [-0.2, 0) is 9.47 Å². The van der Waals surface area contributed by atoms with Crippen LogP contribution >= 0.6 is 63.7 Å². The largest absolute Gasteiger partial charge is 0.478 e. The number of ether oxygens (including phenoxy) is 2. The maximum atomic E-state index is 12.2. The Morgan fingerprint density at radius 2 is 1.46 bits per heavy atom. The highest BCUT2D eigenvalue weighted by Crippen LogP contribution is 2.42. The lowest BCUT2D eigenvalue weighted by atomic mass is 10.1. The molecule has 0 aromatic heterocycles. The molecule has 9 nitrogen and oxygen atoms in total. The van der Waals surface area contributed by atoms with E-state index in [2.05, 4.69) is 78.5 Å². The Morgan fingerprint density at radius 3 is 1.96 bits per heavy atom.